The van der Waals surface area contributed by atoms with Crippen LogP contribution in [0.4, 0.5) is 0 Å². The number of hydrogen-bond donors (Lipinski definition) is 0. The van der Waals surface area contributed by atoms with Gasteiger partial charge in [0, 0.05) is 25.2 Å². The molecule has 2 atom stereocenters. The van der Waals surface area contributed by atoms with E-state index >= 15 is 0 Å². The van der Waals surface area contributed by atoms with Gasteiger partial charge in [0.1, 0.15) is 0 Å². The topological polar surface area (TPSA) is 64.4 Å². The summed E-state index contributed by atoms with van der Waals surface area (Å²) in [5.74, 6) is 0. The molecule has 2 saturated heterocycles. The minimum absolute atomic E-state index is 0.0375. The molecular weight excluding hydrogens is 298 g/mol. The maximum atomic E-state index is 13.1. The van der Waals surface area contributed by atoms with Crippen molar-refractivity contribution in [2.45, 2.75) is 43.7 Å². The second kappa shape index (κ2) is 5.65. The second-order valence-corrected chi connectivity index (χ2v) is 8.17. The van der Waals surface area contributed by atoms with E-state index in [1.54, 1.807) is 23.4 Å². The molecule has 0 amide bonds. The minimum Gasteiger partial charge on any atom is -0.297 e. The van der Waals surface area contributed by atoms with E-state index in [4.69, 9.17) is 5.26 Å². The van der Waals surface area contributed by atoms with Crippen LogP contribution in [0.1, 0.15) is 30.9 Å². The standard InChI is InChI=1S/C16H21N3O2S/c1-12-5-6-14(9-17)8-16(12)22(20,21)19-11-15-4-3-7-18(15)10-13(19)2/h5-6,8,13,15H,3-4,7,10-11H2,1-2H3. The Hall–Kier alpha value is -1.42. The van der Waals surface area contributed by atoms with Crippen molar-refractivity contribution in [2.24, 2.45) is 0 Å². The molecule has 1 aromatic carbocycles. The summed E-state index contributed by atoms with van der Waals surface area (Å²) >= 11 is 0. The minimum atomic E-state index is -3.56. The largest absolute Gasteiger partial charge is 0.297 e. The molecule has 0 saturated carbocycles. The van der Waals surface area contributed by atoms with Gasteiger partial charge in [0.25, 0.3) is 0 Å². The van der Waals surface area contributed by atoms with Gasteiger partial charge in [-0.2, -0.15) is 9.57 Å². The molecule has 22 heavy (non-hydrogen) atoms. The number of hydrogen-bond acceptors (Lipinski definition) is 4. The van der Waals surface area contributed by atoms with Crippen molar-refractivity contribution in [3.05, 3.63) is 29.3 Å². The number of nitrogens with zero attached hydrogens (tertiary/aromatic N) is 3. The molecule has 5 nitrogen and oxygen atoms in total. The maximum absolute atomic E-state index is 13.1. The van der Waals surface area contributed by atoms with Gasteiger partial charge in [0.2, 0.25) is 10.0 Å². The van der Waals surface area contributed by atoms with Gasteiger partial charge in [0.15, 0.2) is 0 Å². The average Bonchev–Trinajstić information content (AvgIpc) is 2.93. The monoisotopic (exact) mass is 319 g/mol. The Labute approximate surface area is 132 Å². The Bertz CT molecular complexity index is 723. The molecular formula is C16H21N3O2S. The van der Waals surface area contributed by atoms with Crippen molar-refractivity contribution in [2.75, 3.05) is 19.6 Å². The van der Waals surface area contributed by atoms with Crippen LogP contribution >= 0.6 is 0 Å². The van der Waals surface area contributed by atoms with Gasteiger partial charge in [-0.25, -0.2) is 8.42 Å². The molecule has 0 spiro atoms. The lowest BCUT2D eigenvalue weighted by molar-refractivity contribution is 0.117. The van der Waals surface area contributed by atoms with Gasteiger partial charge in [-0.1, -0.05) is 6.07 Å². The highest BCUT2D eigenvalue weighted by Crippen LogP contribution is 2.30. The molecule has 2 fully saturated rings. The second-order valence-electron chi connectivity index (χ2n) is 6.31. The lowest BCUT2D eigenvalue weighted by Crippen LogP contribution is -2.56. The molecule has 6 heteroatoms. The van der Waals surface area contributed by atoms with Crippen molar-refractivity contribution >= 4 is 10.0 Å². The third-order valence-electron chi connectivity index (χ3n) is 4.78. The third kappa shape index (κ3) is 2.54. The van der Waals surface area contributed by atoms with Gasteiger partial charge in [-0.3, -0.25) is 4.90 Å². The molecule has 0 N–H and O–H groups in total. The van der Waals surface area contributed by atoms with Crippen LogP contribution in [-0.2, 0) is 10.0 Å². The average molecular weight is 319 g/mol. The quantitative estimate of drug-likeness (QED) is 0.832. The zero-order chi connectivity index (χ0) is 15.9. The number of nitriles is 1. The van der Waals surface area contributed by atoms with Crippen LogP contribution in [0.25, 0.3) is 0 Å². The summed E-state index contributed by atoms with van der Waals surface area (Å²) in [6.07, 6.45) is 2.21. The van der Waals surface area contributed by atoms with E-state index in [1.807, 2.05) is 13.0 Å². The normalized spacial score (nSPS) is 26.6. The van der Waals surface area contributed by atoms with E-state index in [0.717, 1.165) is 25.9 Å². The predicted molar refractivity (Wildman–Crippen MR) is 83.8 cm³/mol. The van der Waals surface area contributed by atoms with Crippen molar-refractivity contribution < 1.29 is 8.42 Å². The summed E-state index contributed by atoms with van der Waals surface area (Å²) in [5.41, 5.74) is 1.08. The first-order valence-corrected chi connectivity index (χ1v) is 9.14. The lowest BCUT2D eigenvalue weighted by atomic mass is 10.1. The Morgan fingerprint density at radius 2 is 2.09 bits per heavy atom. The van der Waals surface area contributed by atoms with E-state index in [9.17, 15) is 8.42 Å². The van der Waals surface area contributed by atoms with Gasteiger partial charge in [0.05, 0.1) is 16.5 Å². The number of benzene rings is 1. The van der Waals surface area contributed by atoms with E-state index in [-0.39, 0.29) is 10.9 Å². The van der Waals surface area contributed by atoms with Crippen molar-refractivity contribution in [1.29, 1.82) is 5.26 Å². The first-order valence-electron chi connectivity index (χ1n) is 7.70. The van der Waals surface area contributed by atoms with Crippen molar-refractivity contribution in [3.8, 4) is 6.07 Å². The van der Waals surface area contributed by atoms with Crippen LogP contribution in [-0.4, -0.2) is 49.3 Å². The maximum Gasteiger partial charge on any atom is 0.243 e. The number of sulfonamides is 1. The molecule has 2 unspecified atom stereocenters. The number of rotatable bonds is 2. The first-order chi connectivity index (χ1) is 10.4. The van der Waals surface area contributed by atoms with Crippen LogP contribution < -0.4 is 0 Å². The van der Waals surface area contributed by atoms with Gasteiger partial charge < -0.3 is 0 Å². The van der Waals surface area contributed by atoms with Gasteiger partial charge >= 0.3 is 0 Å². The van der Waals surface area contributed by atoms with Crippen molar-refractivity contribution in [3.63, 3.8) is 0 Å². The number of piperazine rings is 1. The molecule has 2 heterocycles. The fourth-order valence-electron chi connectivity index (χ4n) is 3.57. The Morgan fingerprint density at radius 3 is 2.82 bits per heavy atom. The Balaban J connectivity index is 1.97. The summed E-state index contributed by atoms with van der Waals surface area (Å²) in [7, 11) is -3.56. The van der Waals surface area contributed by atoms with Crippen LogP contribution in [0, 0.1) is 18.3 Å². The van der Waals surface area contributed by atoms with E-state index in [2.05, 4.69) is 4.90 Å². The Morgan fingerprint density at radius 1 is 1.32 bits per heavy atom. The van der Waals surface area contributed by atoms with Crippen LogP contribution in [0.5, 0.6) is 0 Å². The summed E-state index contributed by atoms with van der Waals surface area (Å²) in [4.78, 5) is 2.67. The first kappa shape index (κ1) is 15.5. The summed E-state index contributed by atoms with van der Waals surface area (Å²) in [6.45, 7) is 6.17. The van der Waals surface area contributed by atoms with Crippen LogP contribution in [0.15, 0.2) is 23.1 Å². The molecule has 118 valence electrons. The highest BCUT2D eigenvalue weighted by molar-refractivity contribution is 7.89. The van der Waals surface area contributed by atoms with E-state index < -0.39 is 10.0 Å². The lowest BCUT2D eigenvalue weighted by Gasteiger charge is -2.41. The predicted octanol–water partition coefficient (Wildman–Crippen LogP) is 1.72. The summed E-state index contributed by atoms with van der Waals surface area (Å²) in [5, 5.41) is 9.04. The highest BCUT2D eigenvalue weighted by Gasteiger charge is 2.40. The highest BCUT2D eigenvalue weighted by atomic mass is 32.2. The fraction of sp³-hybridized carbons (Fsp3) is 0.562. The van der Waals surface area contributed by atoms with E-state index in [0.29, 0.717) is 23.7 Å². The summed E-state index contributed by atoms with van der Waals surface area (Å²) in [6, 6.07) is 7.20. The third-order valence-corrected chi connectivity index (χ3v) is 6.91. The fourth-order valence-corrected chi connectivity index (χ4v) is 5.48. The SMILES string of the molecule is Cc1ccc(C#N)cc1S(=O)(=O)N1CC2CCCN2CC1C. The van der Waals surface area contributed by atoms with Gasteiger partial charge in [-0.15, -0.1) is 0 Å². The Kier molecular flexibility index (Phi) is 3.98. The molecule has 3 rings (SSSR count). The van der Waals surface area contributed by atoms with Crippen LogP contribution in [0.3, 0.4) is 0 Å². The molecule has 0 aromatic heterocycles. The van der Waals surface area contributed by atoms with Crippen LogP contribution in [0.2, 0.25) is 0 Å². The molecule has 1 aromatic rings. The summed E-state index contributed by atoms with van der Waals surface area (Å²) < 4.78 is 27.8. The zero-order valence-corrected chi connectivity index (χ0v) is 13.8. The smallest absolute Gasteiger partial charge is 0.243 e. The molecule has 2 aliphatic heterocycles. The van der Waals surface area contributed by atoms with Gasteiger partial charge in [-0.05, 0) is 50.9 Å². The molecule has 0 bridgehead atoms. The van der Waals surface area contributed by atoms with Crippen molar-refractivity contribution in [1.82, 2.24) is 9.21 Å². The van der Waals surface area contributed by atoms with E-state index in [1.165, 1.54) is 6.07 Å². The molecule has 0 aliphatic carbocycles. The number of aryl methyl sites for hydroxylation is 1. The zero-order valence-electron chi connectivity index (χ0n) is 13.0. The molecule has 2 aliphatic rings. The molecule has 0 radical (unpaired) electrons. The number of fused-ring (bicyclic) bond motifs is 1.